The summed E-state index contributed by atoms with van der Waals surface area (Å²) in [6.07, 6.45) is 5.26. The molecule has 2 aliphatic carbocycles. The van der Waals surface area contributed by atoms with E-state index in [2.05, 4.69) is 24.4 Å². The van der Waals surface area contributed by atoms with E-state index in [1.807, 2.05) is 6.07 Å². The fourth-order valence-corrected chi connectivity index (χ4v) is 5.28. The first kappa shape index (κ1) is 13.2. The number of carbonyl (C=O) groups is 1. The van der Waals surface area contributed by atoms with Gasteiger partial charge < -0.3 is 10.1 Å². The third-order valence-corrected chi connectivity index (χ3v) is 5.90. The van der Waals surface area contributed by atoms with Crippen molar-refractivity contribution >= 4 is 5.91 Å². The lowest BCUT2D eigenvalue weighted by Gasteiger charge is -2.57. The van der Waals surface area contributed by atoms with Crippen LogP contribution in [0.1, 0.15) is 43.7 Å². The molecule has 1 saturated heterocycles. The molecule has 3 aliphatic rings. The molecule has 0 aromatic heterocycles. The first-order chi connectivity index (χ1) is 10.1. The van der Waals surface area contributed by atoms with Crippen LogP contribution in [0.25, 0.3) is 0 Å². The number of amides is 1. The van der Waals surface area contributed by atoms with Crippen molar-refractivity contribution in [3.63, 3.8) is 0 Å². The van der Waals surface area contributed by atoms with Crippen LogP contribution in [0.5, 0.6) is 5.75 Å². The second-order valence-corrected chi connectivity index (χ2v) is 7.20. The van der Waals surface area contributed by atoms with E-state index < -0.39 is 0 Å². The van der Waals surface area contributed by atoms with Crippen molar-refractivity contribution < 1.29 is 9.53 Å². The Bertz CT molecular complexity index is 597. The Hall–Kier alpha value is -1.51. The van der Waals surface area contributed by atoms with Gasteiger partial charge in [-0.1, -0.05) is 13.0 Å². The Morgan fingerprint density at radius 1 is 1.38 bits per heavy atom. The van der Waals surface area contributed by atoms with Crippen LogP contribution in [0, 0.1) is 17.8 Å². The number of benzene rings is 1. The van der Waals surface area contributed by atoms with Crippen LogP contribution >= 0.6 is 0 Å². The zero-order chi connectivity index (χ0) is 14.6. The third kappa shape index (κ3) is 1.82. The van der Waals surface area contributed by atoms with Crippen molar-refractivity contribution in [2.24, 2.45) is 17.8 Å². The highest BCUT2D eigenvalue weighted by Crippen LogP contribution is 2.55. The fourth-order valence-electron chi connectivity index (χ4n) is 5.28. The largest absolute Gasteiger partial charge is 0.497 e. The second kappa shape index (κ2) is 4.49. The summed E-state index contributed by atoms with van der Waals surface area (Å²) in [5, 5.41) is 3.41. The summed E-state index contributed by atoms with van der Waals surface area (Å²) in [5.74, 6) is 3.15. The molecular weight excluding hydrogens is 262 g/mol. The Labute approximate surface area is 126 Å². The van der Waals surface area contributed by atoms with Gasteiger partial charge in [0.15, 0.2) is 0 Å². The van der Waals surface area contributed by atoms with Crippen molar-refractivity contribution in [1.82, 2.24) is 5.32 Å². The highest BCUT2D eigenvalue weighted by atomic mass is 16.5. The van der Waals surface area contributed by atoms with Crippen LogP contribution in [0.15, 0.2) is 18.2 Å². The third-order valence-electron chi connectivity index (χ3n) is 5.90. The minimum absolute atomic E-state index is 0.114. The predicted molar refractivity (Wildman–Crippen MR) is 81.1 cm³/mol. The number of ether oxygens (including phenoxy) is 1. The molecule has 0 unspecified atom stereocenters. The van der Waals surface area contributed by atoms with Gasteiger partial charge in [-0.3, -0.25) is 4.79 Å². The summed E-state index contributed by atoms with van der Waals surface area (Å²) in [6.45, 7) is 2.33. The van der Waals surface area contributed by atoms with Gasteiger partial charge >= 0.3 is 0 Å². The molecule has 0 radical (unpaired) electrons. The van der Waals surface area contributed by atoms with Crippen molar-refractivity contribution in [1.29, 1.82) is 0 Å². The minimum Gasteiger partial charge on any atom is -0.497 e. The Balaban J connectivity index is 1.88. The Morgan fingerprint density at radius 2 is 2.24 bits per heavy atom. The van der Waals surface area contributed by atoms with E-state index in [1.165, 1.54) is 17.5 Å². The number of piperidine rings is 1. The number of nitrogens with one attached hydrogen (secondary N) is 1. The van der Waals surface area contributed by atoms with Gasteiger partial charge in [-0.05, 0) is 66.7 Å². The molecule has 4 rings (SSSR count). The van der Waals surface area contributed by atoms with E-state index in [-0.39, 0.29) is 11.4 Å². The highest BCUT2D eigenvalue weighted by molar-refractivity contribution is 5.78. The maximum Gasteiger partial charge on any atom is 0.220 e. The lowest BCUT2D eigenvalue weighted by atomic mass is 9.53. The zero-order valence-corrected chi connectivity index (χ0v) is 12.8. The number of fused-ring (bicyclic) bond motifs is 1. The second-order valence-electron chi connectivity index (χ2n) is 7.20. The molecule has 2 fully saturated rings. The van der Waals surface area contributed by atoms with Gasteiger partial charge in [-0.15, -0.1) is 0 Å². The number of carbonyl (C=O) groups excluding carboxylic acids is 1. The van der Waals surface area contributed by atoms with Crippen molar-refractivity contribution in [3.8, 4) is 5.75 Å². The standard InChI is InChI=1S/C18H23NO2/c1-11-7-12-8-13-9-14(21-2)3-4-15(13)18(10-11)16(12)5-6-17(20)19-18/h3-4,9,11-12,16H,5-8,10H2,1-2H3,(H,19,20)/t11-,12-,16-,18+/m1/s1. The van der Waals surface area contributed by atoms with Crippen LogP contribution < -0.4 is 10.1 Å². The molecule has 4 atom stereocenters. The molecule has 0 spiro atoms. The summed E-state index contributed by atoms with van der Waals surface area (Å²) in [4.78, 5) is 12.1. The lowest BCUT2D eigenvalue weighted by Crippen LogP contribution is -2.62. The molecule has 1 heterocycles. The maximum absolute atomic E-state index is 12.1. The molecule has 1 aromatic rings. The van der Waals surface area contributed by atoms with E-state index in [0.29, 0.717) is 24.2 Å². The topological polar surface area (TPSA) is 38.3 Å². The fraction of sp³-hybridized carbons (Fsp3) is 0.611. The van der Waals surface area contributed by atoms with Gasteiger partial charge in [-0.2, -0.15) is 0 Å². The monoisotopic (exact) mass is 285 g/mol. The maximum atomic E-state index is 12.1. The minimum atomic E-state index is -0.114. The molecule has 2 bridgehead atoms. The van der Waals surface area contributed by atoms with Crippen molar-refractivity contribution in [3.05, 3.63) is 29.3 Å². The zero-order valence-electron chi connectivity index (χ0n) is 12.8. The van der Waals surface area contributed by atoms with Gasteiger partial charge in [0.2, 0.25) is 5.91 Å². The molecule has 1 amide bonds. The summed E-state index contributed by atoms with van der Waals surface area (Å²) >= 11 is 0. The van der Waals surface area contributed by atoms with Crippen LogP contribution in [0.3, 0.4) is 0 Å². The van der Waals surface area contributed by atoms with E-state index in [4.69, 9.17) is 4.74 Å². The van der Waals surface area contributed by atoms with E-state index in [1.54, 1.807) is 7.11 Å². The SMILES string of the molecule is COc1ccc2c(c1)C[C@H]1C[C@@H](C)C[C@]23NC(=O)CC[C@H]13. The van der Waals surface area contributed by atoms with Crippen molar-refractivity contribution in [2.75, 3.05) is 7.11 Å². The molecule has 1 N–H and O–H groups in total. The van der Waals surface area contributed by atoms with Gasteiger partial charge in [0.1, 0.15) is 5.75 Å². The Morgan fingerprint density at radius 3 is 3.05 bits per heavy atom. The average Bonchev–Trinajstić information content (AvgIpc) is 2.45. The quantitative estimate of drug-likeness (QED) is 0.861. The number of methoxy groups -OCH3 is 1. The van der Waals surface area contributed by atoms with E-state index >= 15 is 0 Å². The van der Waals surface area contributed by atoms with Crippen LogP contribution in [-0.4, -0.2) is 13.0 Å². The van der Waals surface area contributed by atoms with Gasteiger partial charge in [-0.25, -0.2) is 0 Å². The van der Waals surface area contributed by atoms with Crippen LogP contribution in [0.4, 0.5) is 0 Å². The number of hydrogen-bond acceptors (Lipinski definition) is 2. The summed E-state index contributed by atoms with van der Waals surface area (Å²) in [5.41, 5.74) is 2.62. The molecule has 21 heavy (non-hydrogen) atoms. The number of rotatable bonds is 1. The van der Waals surface area contributed by atoms with Crippen molar-refractivity contribution in [2.45, 2.75) is 44.6 Å². The molecule has 1 saturated carbocycles. The highest BCUT2D eigenvalue weighted by Gasteiger charge is 2.54. The molecule has 1 aliphatic heterocycles. The Kier molecular flexibility index (Phi) is 2.82. The first-order valence-electron chi connectivity index (χ1n) is 8.11. The van der Waals surface area contributed by atoms with E-state index in [9.17, 15) is 4.79 Å². The van der Waals surface area contributed by atoms with Gasteiger partial charge in [0.25, 0.3) is 0 Å². The molecular formula is C18H23NO2. The molecule has 3 nitrogen and oxygen atoms in total. The van der Waals surface area contributed by atoms with Gasteiger partial charge in [0, 0.05) is 6.42 Å². The lowest BCUT2D eigenvalue weighted by molar-refractivity contribution is -0.131. The molecule has 1 aromatic carbocycles. The normalized spacial score (nSPS) is 37.2. The summed E-state index contributed by atoms with van der Waals surface area (Å²) in [7, 11) is 1.72. The van der Waals surface area contributed by atoms with E-state index in [0.717, 1.165) is 25.0 Å². The summed E-state index contributed by atoms with van der Waals surface area (Å²) < 4.78 is 5.39. The number of hydrogen-bond donors (Lipinski definition) is 1. The average molecular weight is 285 g/mol. The molecule has 3 heteroatoms. The van der Waals surface area contributed by atoms with Gasteiger partial charge in [0.05, 0.1) is 12.6 Å². The van der Waals surface area contributed by atoms with Crippen LogP contribution in [-0.2, 0) is 16.8 Å². The predicted octanol–water partition coefficient (Wildman–Crippen LogP) is 3.02. The van der Waals surface area contributed by atoms with Crippen LogP contribution in [0.2, 0.25) is 0 Å². The summed E-state index contributed by atoms with van der Waals surface area (Å²) in [6, 6.07) is 6.42. The smallest absolute Gasteiger partial charge is 0.220 e. The molecule has 112 valence electrons. The first-order valence-corrected chi connectivity index (χ1v) is 8.11.